The molecule has 0 fully saturated rings. The topological polar surface area (TPSA) is 98.8 Å². The number of methoxy groups -OCH3 is 1. The van der Waals surface area contributed by atoms with Gasteiger partial charge in [0.15, 0.2) is 11.8 Å². The van der Waals surface area contributed by atoms with Gasteiger partial charge in [0.1, 0.15) is 5.60 Å². The third-order valence-electron chi connectivity index (χ3n) is 4.23. The van der Waals surface area contributed by atoms with E-state index in [1.165, 1.54) is 6.08 Å². The molecular formula is C25H27NO6. The summed E-state index contributed by atoms with van der Waals surface area (Å²) in [5.74, 6) is -2.33. The van der Waals surface area contributed by atoms with Crippen molar-refractivity contribution < 1.29 is 28.7 Å². The van der Waals surface area contributed by atoms with E-state index in [1.54, 1.807) is 81.4 Å². The molecular weight excluding hydrogens is 410 g/mol. The second-order valence-corrected chi connectivity index (χ2v) is 8.04. The highest BCUT2D eigenvalue weighted by Gasteiger charge is 2.30. The maximum atomic E-state index is 12.6. The molecule has 1 unspecified atom stereocenters. The third kappa shape index (κ3) is 7.83. The van der Waals surface area contributed by atoms with Crippen LogP contribution >= 0.6 is 0 Å². The summed E-state index contributed by atoms with van der Waals surface area (Å²) < 4.78 is 9.89. The Hall–Kier alpha value is -3.74. The number of carbonyl (C=O) groups is 4. The molecule has 0 saturated heterocycles. The summed E-state index contributed by atoms with van der Waals surface area (Å²) in [6, 6.07) is 13.7. The first-order valence-corrected chi connectivity index (χ1v) is 10.1. The van der Waals surface area contributed by atoms with Crippen LogP contribution in [0.5, 0.6) is 0 Å². The molecule has 1 amide bonds. The van der Waals surface area contributed by atoms with Crippen LogP contribution in [0.2, 0.25) is 0 Å². The van der Waals surface area contributed by atoms with E-state index in [4.69, 9.17) is 4.74 Å². The molecule has 2 rings (SSSR count). The Balaban J connectivity index is 2.00. The lowest BCUT2D eigenvalue weighted by Crippen LogP contribution is -2.47. The molecule has 0 spiro atoms. The Morgan fingerprint density at radius 3 is 2.16 bits per heavy atom. The average molecular weight is 437 g/mol. The van der Waals surface area contributed by atoms with Crippen molar-refractivity contribution >= 4 is 29.7 Å². The van der Waals surface area contributed by atoms with E-state index < -0.39 is 35.3 Å². The summed E-state index contributed by atoms with van der Waals surface area (Å²) >= 11 is 0. The van der Waals surface area contributed by atoms with Crippen LogP contribution in [0.3, 0.4) is 0 Å². The van der Waals surface area contributed by atoms with E-state index in [0.717, 1.165) is 12.7 Å². The Morgan fingerprint density at radius 2 is 1.59 bits per heavy atom. The number of esters is 2. The zero-order chi connectivity index (χ0) is 23.7. The molecule has 0 bridgehead atoms. The lowest BCUT2D eigenvalue weighted by Gasteiger charge is -2.17. The molecule has 2 aromatic carbocycles. The molecule has 0 aliphatic rings. The Labute approximate surface area is 187 Å². The molecule has 0 aliphatic heterocycles. The summed E-state index contributed by atoms with van der Waals surface area (Å²) in [6.07, 6.45) is 2.92. The second kappa shape index (κ2) is 11.0. The van der Waals surface area contributed by atoms with Gasteiger partial charge in [0, 0.05) is 11.6 Å². The fraction of sp³-hybridized carbons (Fsp3) is 0.280. The number of rotatable bonds is 8. The van der Waals surface area contributed by atoms with Crippen molar-refractivity contribution in [3.63, 3.8) is 0 Å². The minimum atomic E-state index is -1.43. The van der Waals surface area contributed by atoms with Crippen molar-refractivity contribution in [2.24, 2.45) is 0 Å². The lowest BCUT2D eigenvalue weighted by atomic mass is 10.0. The quantitative estimate of drug-likeness (QED) is 0.295. The van der Waals surface area contributed by atoms with Crippen molar-refractivity contribution in [2.45, 2.75) is 38.8 Å². The van der Waals surface area contributed by atoms with Gasteiger partial charge in [-0.3, -0.25) is 9.59 Å². The first kappa shape index (κ1) is 24.5. The molecule has 1 atom stereocenters. The van der Waals surface area contributed by atoms with E-state index >= 15 is 0 Å². The van der Waals surface area contributed by atoms with Gasteiger partial charge in [-0.2, -0.15) is 0 Å². The number of hydrogen-bond donors (Lipinski definition) is 1. The molecule has 32 heavy (non-hydrogen) atoms. The largest absolute Gasteiger partial charge is 0.467 e. The molecule has 0 radical (unpaired) electrons. The summed E-state index contributed by atoms with van der Waals surface area (Å²) in [7, 11) is 1.16. The van der Waals surface area contributed by atoms with Crippen LogP contribution in [-0.4, -0.2) is 42.4 Å². The van der Waals surface area contributed by atoms with Crippen molar-refractivity contribution in [3.8, 4) is 0 Å². The fourth-order valence-corrected chi connectivity index (χ4v) is 2.76. The van der Waals surface area contributed by atoms with Gasteiger partial charge >= 0.3 is 11.9 Å². The lowest BCUT2D eigenvalue weighted by molar-refractivity contribution is -0.148. The highest BCUT2D eigenvalue weighted by Crippen LogP contribution is 2.11. The summed E-state index contributed by atoms with van der Waals surface area (Å²) in [6.45, 7) is 5.37. The van der Waals surface area contributed by atoms with Gasteiger partial charge in [-0.25, -0.2) is 9.59 Å². The summed E-state index contributed by atoms with van der Waals surface area (Å²) in [5, 5.41) is 2.45. The first-order chi connectivity index (χ1) is 15.1. The smallest absolute Gasteiger partial charge is 0.336 e. The number of carbonyl (C=O) groups excluding carboxylic acids is 4. The molecule has 1 N–H and O–H groups in total. The van der Waals surface area contributed by atoms with Gasteiger partial charge in [0.25, 0.3) is 0 Å². The summed E-state index contributed by atoms with van der Waals surface area (Å²) in [5.41, 5.74) is 1.16. The maximum Gasteiger partial charge on any atom is 0.336 e. The predicted molar refractivity (Wildman–Crippen MR) is 120 cm³/mol. The molecule has 0 aromatic heterocycles. The third-order valence-corrected chi connectivity index (χ3v) is 4.23. The van der Waals surface area contributed by atoms with Gasteiger partial charge in [-0.05, 0) is 38.0 Å². The minimum Gasteiger partial charge on any atom is -0.467 e. The molecule has 0 aliphatic carbocycles. The highest BCUT2D eigenvalue weighted by atomic mass is 16.6. The van der Waals surface area contributed by atoms with Crippen LogP contribution in [0.25, 0.3) is 6.08 Å². The number of benzene rings is 2. The zero-order valence-corrected chi connectivity index (χ0v) is 18.6. The van der Waals surface area contributed by atoms with Crippen LogP contribution in [-0.2, 0) is 30.3 Å². The molecule has 168 valence electrons. The van der Waals surface area contributed by atoms with Crippen molar-refractivity contribution in [1.82, 2.24) is 5.32 Å². The van der Waals surface area contributed by atoms with Crippen molar-refractivity contribution in [3.05, 3.63) is 77.4 Å². The van der Waals surface area contributed by atoms with Gasteiger partial charge in [-0.15, -0.1) is 0 Å². The van der Waals surface area contributed by atoms with E-state index in [2.05, 4.69) is 10.1 Å². The minimum absolute atomic E-state index is 0.0361. The predicted octanol–water partition coefficient (Wildman–Crippen LogP) is 3.12. The van der Waals surface area contributed by atoms with Gasteiger partial charge in [0.05, 0.1) is 13.5 Å². The average Bonchev–Trinajstić information content (AvgIpc) is 2.75. The fourth-order valence-electron chi connectivity index (χ4n) is 2.76. The molecule has 0 saturated carbocycles. The van der Waals surface area contributed by atoms with E-state index in [0.29, 0.717) is 11.1 Å². The maximum absolute atomic E-state index is 12.6. The molecule has 7 heteroatoms. The van der Waals surface area contributed by atoms with Crippen LogP contribution in [0.4, 0.5) is 0 Å². The van der Waals surface area contributed by atoms with E-state index in [9.17, 15) is 19.2 Å². The molecule has 2 aromatic rings. The van der Waals surface area contributed by atoms with Gasteiger partial charge < -0.3 is 14.8 Å². The standard InChI is InChI=1S/C25H27NO6/c1-25(2,3)32-21(28)15-14-17-10-12-18(13-11-17)16-20(27)26-22(24(30)31-4)23(29)19-8-6-5-7-9-19/h5-15,22H,16H2,1-4H3,(H,26,27)/b15-14+. The zero-order valence-electron chi connectivity index (χ0n) is 18.6. The molecule has 0 heterocycles. The number of hydrogen-bond acceptors (Lipinski definition) is 6. The Morgan fingerprint density at radius 1 is 0.969 bits per heavy atom. The SMILES string of the molecule is COC(=O)C(NC(=O)Cc1ccc(/C=C/C(=O)OC(C)(C)C)cc1)C(=O)c1ccccc1. The van der Waals surface area contributed by atoms with Crippen LogP contribution in [0, 0.1) is 0 Å². The number of amides is 1. The van der Waals surface area contributed by atoms with Crippen LogP contribution in [0.15, 0.2) is 60.7 Å². The number of ketones is 1. The number of Topliss-reactive ketones (excluding diaryl/α,β-unsaturated/α-hetero) is 1. The summed E-state index contributed by atoms with van der Waals surface area (Å²) in [4.78, 5) is 48.9. The first-order valence-electron chi connectivity index (χ1n) is 10.1. The van der Waals surface area contributed by atoms with Gasteiger partial charge in [0.2, 0.25) is 5.91 Å². The van der Waals surface area contributed by atoms with Crippen molar-refractivity contribution in [1.29, 1.82) is 0 Å². The van der Waals surface area contributed by atoms with E-state index in [1.807, 2.05) is 0 Å². The van der Waals surface area contributed by atoms with Crippen molar-refractivity contribution in [2.75, 3.05) is 7.11 Å². The number of nitrogens with one attached hydrogen (secondary N) is 1. The highest BCUT2D eigenvalue weighted by molar-refractivity contribution is 6.13. The van der Waals surface area contributed by atoms with E-state index in [-0.39, 0.29) is 6.42 Å². The Bertz CT molecular complexity index is 987. The van der Waals surface area contributed by atoms with Gasteiger partial charge in [-0.1, -0.05) is 54.6 Å². The second-order valence-electron chi connectivity index (χ2n) is 8.04. The monoisotopic (exact) mass is 437 g/mol. The Kier molecular flexibility index (Phi) is 8.46. The number of ether oxygens (including phenoxy) is 2. The van der Waals surface area contributed by atoms with Crippen LogP contribution in [0.1, 0.15) is 42.3 Å². The molecule has 7 nitrogen and oxygen atoms in total. The van der Waals surface area contributed by atoms with Crippen LogP contribution < -0.4 is 5.32 Å². The normalized spacial score (nSPS) is 12.1.